The van der Waals surface area contributed by atoms with Gasteiger partial charge in [0, 0.05) is 10.6 Å². The van der Waals surface area contributed by atoms with Crippen LogP contribution in [0.15, 0.2) is 47.3 Å². The summed E-state index contributed by atoms with van der Waals surface area (Å²) in [5.41, 5.74) is 7.07. The summed E-state index contributed by atoms with van der Waals surface area (Å²) in [6.45, 7) is 1.92. The second-order valence-corrected chi connectivity index (χ2v) is 5.81. The van der Waals surface area contributed by atoms with Crippen LogP contribution < -0.4 is 11.3 Å². The number of nitrogen functional groups attached to an aromatic ring is 1. The van der Waals surface area contributed by atoms with Crippen LogP contribution in [0.3, 0.4) is 0 Å². The van der Waals surface area contributed by atoms with Crippen molar-refractivity contribution in [2.45, 2.75) is 13.5 Å². The quantitative estimate of drug-likeness (QED) is 0.741. The third-order valence-electron chi connectivity index (χ3n) is 3.55. The van der Waals surface area contributed by atoms with Gasteiger partial charge in [0.15, 0.2) is 0 Å². The number of hydrogen-bond donors (Lipinski definition) is 1. The summed E-state index contributed by atoms with van der Waals surface area (Å²) in [6.07, 6.45) is 0. The molecule has 7 heteroatoms. The highest BCUT2D eigenvalue weighted by Crippen LogP contribution is 2.20. The minimum absolute atomic E-state index is 0.0856. The highest BCUT2D eigenvalue weighted by molar-refractivity contribution is 6.30. The van der Waals surface area contributed by atoms with E-state index in [-0.39, 0.29) is 23.5 Å². The fraction of sp³-hybridized carbons (Fsp3) is 0.118. The van der Waals surface area contributed by atoms with Gasteiger partial charge in [0.2, 0.25) is 5.95 Å². The smallest absolute Gasteiger partial charge is 0.270 e. The van der Waals surface area contributed by atoms with Crippen molar-refractivity contribution in [3.8, 4) is 11.3 Å². The van der Waals surface area contributed by atoms with Crippen LogP contribution in [0.5, 0.6) is 0 Å². The zero-order valence-corrected chi connectivity index (χ0v) is 13.6. The molecule has 1 aromatic carbocycles. The first-order valence-corrected chi connectivity index (χ1v) is 7.57. The molecule has 0 atom stereocenters. The molecule has 0 saturated carbocycles. The van der Waals surface area contributed by atoms with Gasteiger partial charge in [-0.1, -0.05) is 23.7 Å². The Hall–Kier alpha value is -2.73. The molecule has 0 saturated heterocycles. The average Bonchev–Trinajstić information content (AvgIpc) is 2.54. The number of nitrogens with two attached hydrogens (primary N) is 1. The van der Waals surface area contributed by atoms with Crippen LogP contribution in [0.2, 0.25) is 5.02 Å². The predicted molar refractivity (Wildman–Crippen MR) is 91.4 cm³/mol. The number of hydrogen-bond acceptors (Lipinski definition) is 4. The van der Waals surface area contributed by atoms with E-state index in [0.29, 0.717) is 16.3 Å². The van der Waals surface area contributed by atoms with Crippen LogP contribution in [0.1, 0.15) is 11.1 Å². The molecule has 2 aromatic heterocycles. The van der Waals surface area contributed by atoms with E-state index in [4.69, 9.17) is 17.3 Å². The molecule has 0 bridgehead atoms. The average molecular weight is 345 g/mol. The largest absolute Gasteiger partial charge is 0.384 e. The molecule has 0 aliphatic heterocycles. The maximum atomic E-state index is 14.0. The Bertz CT molecular complexity index is 954. The lowest BCUT2D eigenvalue weighted by molar-refractivity contribution is 0.585. The van der Waals surface area contributed by atoms with Gasteiger partial charge in [0.05, 0.1) is 17.8 Å². The van der Waals surface area contributed by atoms with E-state index in [9.17, 15) is 9.18 Å². The molecule has 24 heavy (non-hydrogen) atoms. The van der Waals surface area contributed by atoms with E-state index < -0.39 is 5.95 Å². The van der Waals surface area contributed by atoms with Crippen LogP contribution in [-0.2, 0) is 6.54 Å². The number of aryl methyl sites for hydroxylation is 1. The maximum Gasteiger partial charge on any atom is 0.270 e. The SMILES string of the molecule is Cc1cc(-c2ccc(N)nc2F)nn(Cc2ccc(Cl)cc2)c1=O. The van der Waals surface area contributed by atoms with Crippen molar-refractivity contribution in [3.63, 3.8) is 0 Å². The molecule has 0 amide bonds. The molecule has 122 valence electrons. The van der Waals surface area contributed by atoms with Gasteiger partial charge in [-0.05, 0) is 42.8 Å². The van der Waals surface area contributed by atoms with E-state index >= 15 is 0 Å². The third kappa shape index (κ3) is 3.28. The lowest BCUT2D eigenvalue weighted by Crippen LogP contribution is -2.26. The Balaban J connectivity index is 2.05. The fourth-order valence-electron chi connectivity index (χ4n) is 2.32. The van der Waals surface area contributed by atoms with E-state index in [1.807, 2.05) is 12.1 Å². The number of rotatable bonds is 3. The van der Waals surface area contributed by atoms with Gasteiger partial charge in [0.25, 0.3) is 5.56 Å². The van der Waals surface area contributed by atoms with Crippen molar-refractivity contribution in [2.24, 2.45) is 0 Å². The molecule has 3 rings (SSSR count). The highest BCUT2D eigenvalue weighted by atomic mass is 35.5. The number of benzene rings is 1. The molecule has 2 N–H and O–H groups in total. The standard InChI is InChI=1S/C17H14ClFN4O/c1-10-8-14(13-6-7-15(20)21-16(13)19)22-23(17(10)24)9-11-2-4-12(18)5-3-11/h2-8H,9H2,1H3,(H2,20,21). The van der Waals surface area contributed by atoms with Crippen molar-refractivity contribution in [1.29, 1.82) is 0 Å². The summed E-state index contributed by atoms with van der Waals surface area (Å²) in [7, 11) is 0. The first-order chi connectivity index (χ1) is 11.4. The Kier molecular flexibility index (Phi) is 4.31. The van der Waals surface area contributed by atoms with Crippen LogP contribution in [-0.4, -0.2) is 14.8 Å². The number of pyridine rings is 1. The van der Waals surface area contributed by atoms with Crippen LogP contribution >= 0.6 is 11.6 Å². The Labute approximate surface area is 142 Å². The van der Waals surface area contributed by atoms with Gasteiger partial charge in [-0.15, -0.1) is 0 Å². The van der Waals surface area contributed by atoms with Crippen LogP contribution in [0.4, 0.5) is 10.2 Å². The van der Waals surface area contributed by atoms with E-state index in [1.54, 1.807) is 19.1 Å². The summed E-state index contributed by atoms with van der Waals surface area (Å²) < 4.78 is 15.3. The van der Waals surface area contributed by atoms with Crippen molar-refractivity contribution in [3.05, 3.63) is 74.9 Å². The summed E-state index contributed by atoms with van der Waals surface area (Å²) >= 11 is 5.86. The molecule has 0 radical (unpaired) electrons. The number of anilines is 1. The lowest BCUT2D eigenvalue weighted by atomic mass is 10.1. The molecule has 0 aliphatic rings. The normalized spacial score (nSPS) is 10.8. The zero-order valence-electron chi connectivity index (χ0n) is 12.8. The molecule has 5 nitrogen and oxygen atoms in total. The minimum Gasteiger partial charge on any atom is -0.384 e. The Morgan fingerprint density at radius 2 is 1.92 bits per heavy atom. The van der Waals surface area contributed by atoms with Crippen LogP contribution in [0, 0.1) is 12.9 Å². The fourth-order valence-corrected chi connectivity index (χ4v) is 2.44. The first-order valence-electron chi connectivity index (χ1n) is 7.19. The highest BCUT2D eigenvalue weighted by Gasteiger charge is 2.12. The minimum atomic E-state index is -0.724. The topological polar surface area (TPSA) is 73.8 Å². The zero-order chi connectivity index (χ0) is 17.3. The van der Waals surface area contributed by atoms with Gasteiger partial charge < -0.3 is 5.73 Å². The van der Waals surface area contributed by atoms with Gasteiger partial charge in [-0.25, -0.2) is 9.67 Å². The summed E-state index contributed by atoms with van der Waals surface area (Å²) in [6, 6.07) is 11.6. The van der Waals surface area contributed by atoms with Crippen molar-refractivity contribution in [1.82, 2.24) is 14.8 Å². The van der Waals surface area contributed by atoms with Gasteiger partial charge in [-0.2, -0.15) is 9.49 Å². The molecule has 0 unspecified atom stereocenters. The second kappa shape index (κ2) is 6.41. The molecule has 3 aromatic rings. The van der Waals surface area contributed by atoms with Gasteiger partial charge in [0.1, 0.15) is 5.82 Å². The molecule has 0 fully saturated rings. The lowest BCUT2D eigenvalue weighted by Gasteiger charge is -2.10. The van der Waals surface area contributed by atoms with Crippen LogP contribution in [0.25, 0.3) is 11.3 Å². The van der Waals surface area contributed by atoms with Gasteiger partial charge >= 0.3 is 0 Å². The monoisotopic (exact) mass is 344 g/mol. The summed E-state index contributed by atoms with van der Waals surface area (Å²) in [5.74, 6) is -0.638. The molecule has 2 heterocycles. The van der Waals surface area contributed by atoms with E-state index in [2.05, 4.69) is 10.1 Å². The Morgan fingerprint density at radius 1 is 1.21 bits per heavy atom. The number of nitrogens with zero attached hydrogens (tertiary/aromatic N) is 3. The van der Waals surface area contributed by atoms with Crippen molar-refractivity contribution in [2.75, 3.05) is 5.73 Å². The molecule has 0 spiro atoms. The van der Waals surface area contributed by atoms with Crippen molar-refractivity contribution < 1.29 is 4.39 Å². The predicted octanol–water partition coefficient (Wildman–Crippen LogP) is 3.04. The Morgan fingerprint density at radius 3 is 2.58 bits per heavy atom. The number of aromatic nitrogens is 3. The first kappa shape index (κ1) is 16.1. The molecule has 0 aliphatic carbocycles. The second-order valence-electron chi connectivity index (χ2n) is 5.38. The summed E-state index contributed by atoms with van der Waals surface area (Å²) in [4.78, 5) is 15.9. The molecular weight excluding hydrogens is 331 g/mol. The maximum absolute atomic E-state index is 14.0. The van der Waals surface area contributed by atoms with Gasteiger partial charge in [-0.3, -0.25) is 4.79 Å². The van der Waals surface area contributed by atoms with E-state index in [0.717, 1.165) is 5.56 Å². The van der Waals surface area contributed by atoms with E-state index in [1.165, 1.54) is 22.9 Å². The number of halogens is 2. The van der Waals surface area contributed by atoms with Crippen molar-refractivity contribution >= 4 is 17.4 Å². The molecular formula is C17H14ClFN4O. The summed E-state index contributed by atoms with van der Waals surface area (Å²) in [5, 5.41) is 4.87. The third-order valence-corrected chi connectivity index (χ3v) is 3.80.